The van der Waals surface area contributed by atoms with Crippen molar-refractivity contribution >= 4 is 0 Å². The van der Waals surface area contributed by atoms with Crippen LogP contribution in [0.1, 0.15) is 45.1 Å². The molecule has 0 aromatic heterocycles. The van der Waals surface area contributed by atoms with Crippen LogP contribution in [-0.4, -0.2) is 19.2 Å². The molecule has 3 heteroatoms. The third-order valence-corrected chi connectivity index (χ3v) is 3.41. The highest BCUT2D eigenvalue weighted by molar-refractivity contribution is 5.30. The summed E-state index contributed by atoms with van der Waals surface area (Å²) in [6.45, 7) is 6.89. The van der Waals surface area contributed by atoms with Crippen LogP contribution in [0.5, 0.6) is 5.75 Å². The monoisotopic (exact) mass is 260 g/mol. The normalized spacial score (nSPS) is 13.9. The highest BCUT2D eigenvalue weighted by Gasteiger charge is 2.20. The van der Waals surface area contributed by atoms with Gasteiger partial charge in [-0.25, -0.2) is 0 Å². The van der Waals surface area contributed by atoms with Crippen molar-refractivity contribution in [2.24, 2.45) is 0 Å². The van der Waals surface area contributed by atoms with Gasteiger partial charge in [-0.2, -0.15) is 5.26 Å². The van der Waals surface area contributed by atoms with Gasteiger partial charge in [-0.05, 0) is 50.4 Å². The Morgan fingerprint density at radius 1 is 1.42 bits per heavy atom. The molecule has 0 heterocycles. The highest BCUT2D eigenvalue weighted by Crippen LogP contribution is 2.20. The first-order valence-corrected chi connectivity index (χ1v) is 6.83. The van der Waals surface area contributed by atoms with E-state index in [0.717, 1.165) is 18.6 Å². The Hall–Kier alpha value is -1.53. The summed E-state index contributed by atoms with van der Waals surface area (Å²) in [6, 6.07) is 10.5. The molecule has 3 nitrogen and oxygen atoms in total. The van der Waals surface area contributed by atoms with Crippen molar-refractivity contribution in [1.82, 2.24) is 5.32 Å². The summed E-state index contributed by atoms with van der Waals surface area (Å²) in [4.78, 5) is 0. The molecule has 0 saturated carbocycles. The Labute approximate surface area is 116 Å². The van der Waals surface area contributed by atoms with Gasteiger partial charge in [0.15, 0.2) is 0 Å². The number of nitrogens with zero attached hydrogens (tertiary/aromatic N) is 1. The number of benzene rings is 1. The quantitative estimate of drug-likeness (QED) is 0.763. The smallest absolute Gasteiger partial charge is 0.119 e. The second kappa shape index (κ2) is 7.16. The van der Waals surface area contributed by atoms with E-state index in [1.54, 1.807) is 0 Å². The van der Waals surface area contributed by atoms with E-state index in [2.05, 4.69) is 37.4 Å². The lowest BCUT2D eigenvalue weighted by Crippen LogP contribution is -2.38. The third-order valence-electron chi connectivity index (χ3n) is 3.41. The molecule has 1 rings (SSSR count). The molecule has 1 atom stereocenters. The van der Waals surface area contributed by atoms with Gasteiger partial charge < -0.3 is 10.1 Å². The Balaban J connectivity index is 2.42. The Kier molecular flexibility index (Phi) is 5.85. The molecule has 0 spiro atoms. The highest BCUT2D eigenvalue weighted by atomic mass is 16.5. The van der Waals surface area contributed by atoms with Crippen LogP contribution in [0, 0.1) is 11.3 Å². The van der Waals surface area contributed by atoms with Gasteiger partial charge in [-0.3, -0.25) is 0 Å². The third kappa shape index (κ3) is 4.92. The first kappa shape index (κ1) is 15.5. The first-order valence-electron chi connectivity index (χ1n) is 6.83. The van der Waals surface area contributed by atoms with Crippen LogP contribution < -0.4 is 10.1 Å². The average Bonchev–Trinajstić information content (AvgIpc) is 2.43. The standard InChI is InChI=1S/C16H24N2O/c1-13(2)14-7-5-8-15(11-14)19-10-6-9-16(3,12-17)18-4/h5,7-8,11,13,18H,6,9-10H2,1-4H3. The second-order valence-electron chi connectivity index (χ2n) is 5.37. The minimum Gasteiger partial charge on any atom is -0.494 e. The van der Waals surface area contributed by atoms with E-state index in [9.17, 15) is 0 Å². The van der Waals surface area contributed by atoms with Crippen molar-refractivity contribution in [2.45, 2.75) is 45.1 Å². The Morgan fingerprint density at radius 2 is 2.16 bits per heavy atom. The van der Waals surface area contributed by atoms with Gasteiger partial charge in [0.2, 0.25) is 0 Å². The number of nitriles is 1. The zero-order valence-corrected chi connectivity index (χ0v) is 12.4. The number of hydrogen-bond acceptors (Lipinski definition) is 3. The summed E-state index contributed by atoms with van der Waals surface area (Å²) in [5.74, 6) is 1.42. The Bertz CT molecular complexity index is 437. The molecule has 1 unspecified atom stereocenters. The maximum Gasteiger partial charge on any atom is 0.119 e. The summed E-state index contributed by atoms with van der Waals surface area (Å²) in [7, 11) is 1.82. The maximum absolute atomic E-state index is 9.05. The minimum atomic E-state index is -0.455. The van der Waals surface area contributed by atoms with Crippen molar-refractivity contribution < 1.29 is 4.74 Å². The van der Waals surface area contributed by atoms with Crippen LogP contribution >= 0.6 is 0 Å². The van der Waals surface area contributed by atoms with Crippen LogP contribution in [0.4, 0.5) is 0 Å². The largest absolute Gasteiger partial charge is 0.494 e. The molecule has 0 bridgehead atoms. The van der Waals surface area contributed by atoms with Gasteiger partial charge in [-0.1, -0.05) is 26.0 Å². The molecular formula is C16H24N2O. The fraction of sp³-hybridized carbons (Fsp3) is 0.562. The Morgan fingerprint density at radius 3 is 2.74 bits per heavy atom. The molecule has 0 saturated heterocycles. The average molecular weight is 260 g/mol. The molecule has 0 fully saturated rings. The summed E-state index contributed by atoms with van der Waals surface area (Å²) in [5.41, 5.74) is 0.831. The fourth-order valence-corrected chi connectivity index (χ4v) is 1.82. The molecule has 1 aromatic rings. The van der Waals surface area contributed by atoms with Crippen molar-refractivity contribution in [3.05, 3.63) is 29.8 Å². The molecule has 19 heavy (non-hydrogen) atoms. The van der Waals surface area contributed by atoms with Crippen LogP contribution in [0.15, 0.2) is 24.3 Å². The van der Waals surface area contributed by atoms with Gasteiger partial charge in [0.05, 0.1) is 12.7 Å². The zero-order chi connectivity index (χ0) is 14.3. The summed E-state index contributed by atoms with van der Waals surface area (Å²) >= 11 is 0. The molecule has 0 aliphatic heterocycles. The fourth-order valence-electron chi connectivity index (χ4n) is 1.82. The van der Waals surface area contributed by atoms with Gasteiger partial charge in [0.25, 0.3) is 0 Å². The topological polar surface area (TPSA) is 45.0 Å². The van der Waals surface area contributed by atoms with E-state index < -0.39 is 5.54 Å². The lowest BCUT2D eigenvalue weighted by molar-refractivity contribution is 0.288. The van der Waals surface area contributed by atoms with E-state index in [-0.39, 0.29) is 0 Å². The molecule has 0 aliphatic carbocycles. The SMILES string of the molecule is CNC(C)(C#N)CCCOc1cccc(C(C)C)c1. The van der Waals surface area contributed by atoms with Crippen molar-refractivity contribution in [2.75, 3.05) is 13.7 Å². The molecule has 104 valence electrons. The minimum absolute atomic E-state index is 0.455. The van der Waals surface area contributed by atoms with Gasteiger partial charge in [0, 0.05) is 0 Å². The predicted molar refractivity (Wildman–Crippen MR) is 78.3 cm³/mol. The number of nitrogens with one attached hydrogen (secondary N) is 1. The summed E-state index contributed by atoms with van der Waals surface area (Å²) in [5, 5.41) is 12.1. The van der Waals surface area contributed by atoms with E-state index in [0.29, 0.717) is 12.5 Å². The zero-order valence-electron chi connectivity index (χ0n) is 12.4. The van der Waals surface area contributed by atoms with Gasteiger partial charge >= 0.3 is 0 Å². The van der Waals surface area contributed by atoms with Crippen molar-refractivity contribution in [1.29, 1.82) is 5.26 Å². The van der Waals surface area contributed by atoms with Crippen molar-refractivity contribution in [3.63, 3.8) is 0 Å². The van der Waals surface area contributed by atoms with Crippen molar-refractivity contribution in [3.8, 4) is 11.8 Å². The van der Waals surface area contributed by atoms with Crippen LogP contribution in [0.25, 0.3) is 0 Å². The molecule has 0 amide bonds. The van der Waals surface area contributed by atoms with Gasteiger partial charge in [-0.15, -0.1) is 0 Å². The summed E-state index contributed by atoms with van der Waals surface area (Å²) in [6.07, 6.45) is 1.64. The number of ether oxygens (including phenoxy) is 1. The maximum atomic E-state index is 9.05. The van der Waals surface area contributed by atoms with E-state index >= 15 is 0 Å². The predicted octanol–water partition coefficient (Wildman–Crippen LogP) is 3.47. The molecule has 0 radical (unpaired) electrons. The number of rotatable bonds is 7. The van der Waals surface area contributed by atoms with Crippen LogP contribution in [-0.2, 0) is 0 Å². The lowest BCUT2D eigenvalue weighted by atomic mass is 9.98. The van der Waals surface area contributed by atoms with E-state index in [4.69, 9.17) is 10.00 Å². The first-order chi connectivity index (χ1) is 9.00. The number of hydrogen-bond donors (Lipinski definition) is 1. The van der Waals surface area contributed by atoms with E-state index in [1.807, 2.05) is 26.1 Å². The molecule has 1 N–H and O–H groups in total. The molecular weight excluding hydrogens is 236 g/mol. The van der Waals surface area contributed by atoms with E-state index in [1.165, 1.54) is 5.56 Å². The van der Waals surface area contributed by atoms with Gasteiger partial charge in [0.1, 0.15) is 11.3 Å². The van der Waals surface area contributed by atoms with Crippen LogP contribution in [0.3, 0.4) is 0 Å². The lowest BCUT2D eigenvalue weighted by Gasteiger charge is -2.20. The molecule has 1 aromatic carbocycles. The second-order valence-corrected chi connectivity index (χ2v) is 5.37. The molecule has 0 aliphatic rings. The summed E-state index contributed by atoms with van der Waals surface area (Å²) < 4.78 is 5.74. The van der Waals surface area contributed by atoms with Crippen LogP contribution in [0.2, 0.25) is 0 Å².